The van der Waals surface area contributed by atoms with Gasteiger partial charge < -0.3 is 16.0 Å². The Labute approximate surface area is 102 Å². The lowest BCUT2D eigenvalue weighted by atomic mass is 9.94. The maximum atomic E-state index is 11.7. The third-order valence-corrected chi connectivity index (χ3v) is 2.64. The van der Waals surface area contributed by atoms with Crippen LogP contribution >= 0.6 is 0 Å². The van der Waals surface area contributed by atoms with E-state index in [-0.39, 0.29) is 11.8 Å². The maximum Gasteiger partial charge on any atom is 0.220 e. The Kier molecular flexibility index (Phi) is 5.69. The molecule has 1 atom stereocenters. The summed E-state index contributed by atoms with van der Waals surface area (Å²) < 4.78 is 0. The number of hydrogen-bond donors (Lipinski definition) is 3. The molecule has 4 N–H and O–H groups in total. The third-order valence-electron chi connectivity index (χ3n) is 2.64. The van der Waals surface area contributed by atoms with Crippen molar-refractivity contribution in [3.8, 4) is 0 Å². The molecule has 0 unspecified atom stereocenters. The molecule has 0 aromatic carbocycles. The standard InChI is InChI=1S/C12H22N4O/c1-9(2)3-10(5-13)4-12(17)15-7-11-6-14-8-16-11/h6,8-10H,3-5,7,13H2,1-2H3,(H,14,16)(H,15,17)/t10-/m0/s1. The molecule has 0 aliphatic rings. The van der Waals surface area contributed by atoms with Gasteiger partial charge in [-0.05, 0) is 24.8 Å². The highest BCUT2D eigenvalue weighted by Gasteiger charge is 2.13. The molecule has 1 heterocycles. The molecule has 1 aromatic rings. The lowest BCUT2D eigenvalue weighted by molar-refractivity contribution is -0.122. The smallest absolute Gasteiger partial charge is 0.220 e. The highest BCUT2D eigenvalue weighted by molar-refractivity contribution is 5.76. The summed E-state index contributed by atoms with van der Waals surface area (Å²) >= 11 is 0. The largest absolute Gasteiger partial charge is 0.350 e. The topological polar surface area (TPSA) is 83.8 Å². The van der Waals surface area contributed by atoms with Gasteiger partial charge in [0.05, 0.1) is 18.6 Å². The highest BCUT2D eigenvalue weighted by atomic mass is 16.1. The van der Waals surface area contributed by atoms with Crippen molar-refractivity contribution in [1.29, 1.82) is 0 Å². The van der Waals surface area contributed by atoms with Crippen LogP contribution in [0.2, 0.25) is 0 Å². The zero-order valence-electron chi connectivity index (χ0n) is 10.6. The summed E-state index contributed by atoms with van der Waals surface area (Å²) in [7, 11) is 0. The molecule has 17 heavy (non-hydrogen) atoms. The van der Waals surface area contributed by atoms with Gasteiger partial charge in [-0.15, -0.1) is 0 Å². The summed E-state index contributed by atoms with van der Waals surface area (Å²) in [4.78, 5) is 18.5. The molecule has 0 aliphatic carbocycles. The van der Waals surface area contributed by atoms with Gasteiger partial charge >= 0.3 is 0 Å². The summed E-state index contributed by atoms with van der Waals surface area (Å²) in [6.45, 7) is 5.35. The second kappa shape index (κ2) is 7.06. The van der Waals surface area contributed by atoms with Gasteiger partial charge in [0.25, 0.3) is 0 Å². The fourth-order valence-electron chi connectivity index (χ4n) is 1.84. The van der Waals surface area contributed by atoms with E-state index >= 15 is 0 Å². The molecule has 0 saturated carbocycles. The Hall–Kier alpha value is -1.36. The quantitative estimate of drug-likeness (QED) is 0.663. The average Bonchev–Trinajstić information content (AvgIpc) is 2.77. The minimum absolute atomic E-state index is 0.0516. The monoisotopic (exact) mass is 238 g/mol. The molecule has 0 radical (unpaired) electrons. The summed E-state index contributed by atoms with van der Waals surface area (Å²) in [5.41, 5.74) is 6.57. The van der Waals surface area contributed by atoms with Crippen molar-refractivity contribution in [1.82, 2.24) is 15.3 Å². The van der Waals surface area contributed by atoms with Crippen LogP contribution in [-0.2, 0) is 11.3 Å². The molecule has 0 saturated heterocycles. The van der Waals surface area contributed by atoms with Crippen LogP contribution in [0.4, 0.5) is 0 Å². The predicted octanol–water partition coefficient (Wildman–Crippen LogP) is 1.04. The van der Waals surface area contributed by atoms with Crippen LogP contribution in [0.15, 0.2) is 12.5 Å². The Morgan fingerprint density at radius 2 is 2.35 bits per heavy atom. The molecule has 0 aliphatic heterocycles. The van der Waals surface area contributed by atoms with Gasteiger partial charge in [0.15, 0.2) is 0 Å². The van der Waals surface area contributed by atoms with Gasteiger partial charge in [-0.3, -0.25) is 4.79 Å². The van der Waals surface area contributed by atoms with Crippen molar-refractivity contribution in [3.05, 3.63) is 18.2 Å². The van der Waals surface area contributed by atoms with Crippen LogP contribution in [-0.4, -0.2) is 22.4 Å². The number of aromatic nitrogens is 2. The third kappa shape index (κ3) is 5.49. The first kappa shape index (κ1) is 13.7. The van der Waals surface area contributed by atoms with E-state index in [0.717, 1.165) is 12.1 Å². The number of nitrogens with two attached hydrogens (primary N) is 1. The molecular weight excluding hydrogens is 216 g/mol. The molecule has 1 amide bonds. The van der Waals surface area contributed by atoms with Gasteiger partial charge in [-0.25, -0.2) is 4.98 Å². The van der Waals surface area contributed by atoms with E-state index in [1.807, 2.05) is 0 Å². The van der Waals surface area contributed by atoms with Gasteiger partial charge in [-0.2, -0.15) is 0 Å². The van der Waals surface area contributed by atoms with Crippen LogP contribution in [0.5, 0.6) is 0 Å². The molecule has 1 aromatic heterocycles. The van der Waals surface area contributed by atoms with E-state index in [0.29, 0.717) is 25.4 Å². The molecule has 0 fully saturated rings. The molecule has 5 heteroatoms. The van der Waals surface area contributed by atoms with Crippen LogP contribution in [0, 0.1) is 11.8 Å². The Morgan fingerprint density at radius 3 is 2.88 bits per heavy atom. The normalized spacial score (nSPS) is 12.7. The highest BCUT2D eigenvalue weighted by Crippen LogP contribution is 2.13. The maximum absolute atomic E-state index is 11.7. The molecule has 96 valence electrons. The summed E-state index contributed by atoms with van der Waals surface area (Å²) in [5.74, 6) is 0.899. The lowest BCUT2D eigenvalue weighted by Crippen LogP contribution is -2.28. The number of amides is 1. The van der Waals surface area contributed by atoms with Crippen molar-refractivity contribution >= 4 is 5.91 Å². The van der Waals surface area contributed by atoms with E-state index < -0.39 is 0 Å². The van der Waals surface area contributed by atoms with Crippen LogP contribution < -0.4 is 11.1 Å². The van der Waals surface area contributed by atoms with Crippen molar-refractivity contribution < 1.29 is 4.79 Å². The van der Waals surface area contributed by atoms with Gasteiger partial charge in [0, 0.05) is 12.6 Å². The molecule has 0 bridgehead atoms. The van der Waals surface area contributed by atoms with Crippen molar-refractivity contribution in [2.75, 3.05) is 6.54 Å². The van der Waals surface area contributed by atoms with Gasteiger partial charge in [0.1, 0.15) is 0 Å². The molecule has 0 spiro atoms. The number of H-pyrrole nitrogens is 1. The van der Waals surface area contributed by atoms with Crippen LogP contribution in [0.3, 0.4) is 0 Å². The van der Waals surface area contributed by atoms with E-state index in [1.165, 1.54) is 0 Å². The number of carbonyl (C=O) groups is 1. The first-order valence-corrected chi connectivity index (χ1v) is 6.05. The van der Waals surface area contributed by atoms with E-state index in [2.05, 4.69) is 29.1 Å². The molecule has 5 nitrogen and oxygen atoms in total. The number of nitrogens with one attached hydrogen (secondary N) is 2. The zero-order chi connectivity index (χ0) is 12.7. The summed E-state index contributed by atoms with van der Waals surface area (Å²) in [6, 6.07) is 0. The lowest BCUT2D eigenvalue weighted by Gasteiger charge is -2.16. The van der Waals surface area contributed by atoms with Gasteiger partial charge in [0.2, 0.25) is 5.91 Å². The number of hydrogen-bond acceptors (Lipinski definition) is 3. The first-order chi connectivity index (χ1) is 8.11. The second-order valence-electron chi connectivity index (χ2n) is 4.79. The molecule has 1 rings (SSSR count). The SMILES string of the molecule is CC(C)C[C@H](CN)CC(=O)NCc1cnc[nH]1. The molecular formula is C12H22N4O. The Balaban J connectivity index is 2.27. The average molecular weight is 238 g/mol. The number of aromatic amines is 1. The fourth-order valence-corrected chi connectivity index (χ4v) is 1.84. The summed E-state index contributed by atoms with van der Waals surface area (Å²) in [5, 5.41) is 2.86. The fraction of sp³-hybridized carbons (Fsp3) is 0.667. The first-order valence-electron chi connectivity index (χ1n) is 6.05. The predicted molar refractivity (Wildman–Crippen MR) is 67.1 cm³/mol. The number of rotatable bonds is 7. The number of carbonyl (C=O) groups excluding carboxylic acids is 1. The number of imidazole rings is 1. The van der Waals surface area contributed by atoms with Crippen LogP contribution in [0.1, 0.15) is 32.4 Å². The van der Waals surface area contributed by atoms with E-state index in [1.54, 1.807) is 12.5 Å². The zero-order valence-corrected chi connectivity index (χ0v) is 10.6. The Morgan fingerprint density at radius 1 is 1.59 bits per heavy atom. The second-order valence-corrected chi connectivity index (χ2v) is 4.79. The number of nitrogens with zero attached hydrogens (tertiary/aromatic N) is 1. The van der Waals surface area contributed by atoms with E-state index in [9.17, 15) is 4.79 Å². The van der Waals surface area contributed by atoms with Crippen molar-refractivity contribution in [2.45, 2.75) is 33.2 Å². The van der Waals surface area contributed by atoms with Crippen molar-refractivity contribution in [3.63, 3.8) is 0 Å². The Bertz CT molecular complexity index is 321. The summed E-state index contributed by atoms with van der Waals surface area (Å²) in [6.07, 6.45) is 4.80. The minimum atomic E-state index is 0.0516. The van der Waals surface area contributed by atoms with Crippen LogP contribution in [0.25, 0.3) is 0 Å². The van der Waals surface area contributed by atoms with E-state index in [4.69, 9.17) is 5.73 Å². The minimum Gasteiger partial charge on any atom is -0.350 e. The van der Waals surface area contributed by atoms with Gasteiger partial charge in [-0.1, -0.05) is 13.8 Å². The van der Waals surface area contributed by atoms with Crippen molar-refractivity contribution in [2.24, 2.45) is 17.6 Å².